The predicted molar refractivity (Wildman–Crippen MR) is 163 cm³/mol. The van der Waals surface area contributed by atoms with Crippen molar-refractivity contribution in [3.63, 3.8) is 0 Å². The van der Waals surface area contributed by atoms with E-state index in [9.17, 15) is 0 Å². The third-order valence-corrected chi connectivity index (χ3v) is 8.67. The molecule has 0 bridgehead atoms. The van der Waals surface area contributed by atoms with Crippen molar-refractivity contribution in [2.24, 2.45) is 0 Å². The molecule has 0 saturated heterocycles. The summed E-state index contributed by atoms with van der Waals surface area (Å²) in [6, 6.07) is 13.6. The van der Waals surface area contributed by atoms with Gasteiger partial charge in [0.1, 0.15) is 11.5 Å². The van der Waals surface area contributed by atoms with E-state index in [-0.39, 0.29) is 6.10 Å². The van der Waals surface area contributed by atoms with Crippen molar-refractivity contribution in [3.8, 4) is 11.5 Å². The summed E-state index contributed by atoms with van der Waals surface area (Å²) in [4.78, 5) is 0. The quantitative estimate of drug-likeness (QED) is 0.176. The summed E-state index contributed by atoms with van der Waals surface area (Å²) in [5, 5.41) is 0. The van der Waals surface area contributed by atoms with Crippen LogP contribution in [0.3, 0.4) is 0 Å². The van der Waals surface area contributed by atoms with Gasteiger partial charge in [-0.25, -0.2) is 0 Å². The highest BCUT2D eigenvalue weighted by atomic mass is 31.2. The molecule has 0 N–H and O–H groups in total. The Balaban J connectivity index is 1.85. The molecule has 2 aromatic carbocycles. The maximum atomic E-state index is 6.62. The molecular weight excluding hydrogens is 487 g/mol. The fourth-order valence-electron chi connectivity index (χ4n) is 5.19. The smallest absolute Gasteiger partial charge is 0.418 e. The van der Waals surface area contributed by atoms with Gasteiger partial charge in [-0.2, -0.15) is 0 Å². The Morgan fingerprint density at radius 1 is 0.553 bits per heavy atom. The SMILES string of the molecule is CCCCc1cc(CCCC)cc(OP(Oc2cc(CCCC)cc(CCCC)c2)OC2CCCCC2)c1. The molecule has 0 heterocycles. The van der Waals surface area contributed by atoms with Crippen LogP contribution in [0.1, 0.15) is 133 Å². The zero-order valence-electron chi connectivity index (χ0n) is 24.7. The highest BCUT2D eigenvalue weighted by Gasteiger charge is 2.25. The molecular formula is C34H53O3P. The van der Waals surface area contributed by atoms with Crippen molar-refractivity contribution in [2.75, 3.05) is 0 Å². The van der Waals surface area contributed by atoms with E-state index in [1.165, 1.54) is 92.9 Å². The number of aryl methyl sites for hydroxylation is 4. The molecule has 212 valence electrons. The topological polar surface area (TPSA) is 27.7 Å². The van der Waals surface area contributed by atoms with Gasteiger partial charge in [-0.15, -0.1) is 0 Å². The monoisotopic (exact) mass is 540 g/mol. The van der Waals surface area contributed by atoms with E-state index in [4.69, 9.17) is 13.6 Å². The number of hydrogen-bond donors (Lipinski definition) is 0. The van der Waals surface area contributed by atoms with Crippen LogP contribution in [0.4, 0.5) is 0 Å². The molecule has 1 fully saturated rings. The standard InChI is InChI=1S/C34H53O3P/c1-5-9-16-28-22-29(17-10-6-2)25-33(24-28)36-38(35-32-20-14-13-15-21-32)37-34-26-30(18-11-7-3)23-31(27-34)19-12-8-4/h22-27,32H,5-21H2,1-4H3. The maximum Gasteiger partial charge on any atom is 0.463 e. The van der Waals surface area contributed by atoms with Crippen molar-refractivity contribution in [1.29, 1.82) is 0 Å². The second-order valence-corrected chi connectivity index (χ2v) is 12.2. The molecule has 1 saturated carbocycles. The minimum atomic E-state index is -1.54. The first-order valence-corrected chi connectivity index (χ1v) is 16.8. The fourth-order valence-corrected chi connectivity index (χ4v) is 6.32. The number of hydrogen-bond acceptors (Lipinski definition) is 3. The molecule has 0 aromatic heterocycles. The molecule has 0 aliphatic heterocycles. The van der Waals surface area contributed by atoms with E-state index < -0.39 is 8.60 Å². The molecule has 38 heavy (non-hydrogen) atoms. The zero-order valence-corrected chi connectivity index (χ0v) is 25.6. The lowest BCUT2D eigenvalue weighted by atomic mass is 9.98. The highest BCUT2D eigenvalue weighted by Crippen LogP contribution is 2.45. The maximum absolute atomic E-state index is 6.62. The lowest BCUT2D eigenvalue weighted by Gasteiger charge is -2.26. The van der Waals surface area contributed by atoms with Crippen LogP contribution in [-0.2, 0) is 30.2 Å². The summed E-state index contributed by atoms with van der Waals surface area (Å²) < 4.78 is 19.9. The van der Waals surface area contributed by atoms with Gasteiger partial charge in [0, 0.05) is 0 Å². The average Bonchev–Trinajstić information content (AvgIpc) is 2.93. The van der Waals surface area contributed by atoms with Crippen LogP contribution in [0.2, 0.25) is 0 Å². The fraction of sp³-hybridized carbons (Fsp3) is 0.647. The summed E-state index contributed by atoms with van der Waals surface area (Å²) in [6.07, 6.45) is 20.2. The summed E-state index contributed by atoms with van der Waals surface area (Å²) in [6.45, 7) is 9.03. The Kier molecular flexibility index (Phi) is 14.6. The van der Waals surface area contributed by atoms with Gasteiger partial charge in [0.15, 0.2) is 0 Å². The van der Waals surface area contributed by atoms with Crippen LogP contribution in [0.15, 0.2) is 36.4 Å². The molecule has 4 heteroatoms. The van der Waals surface area contributed by atoms with E-state index in [0.29, 0.717) is 0 Å². The summed E-state index contributed by atoms with van der Waals surface area (Å²) in [5.41, 5.74) is 5.47. The van der Waals surface area contributed by atoms with Gasteiger partial charge in [0.05, 0.1) is 6.10 Å². The third kappa shape index (κ3) is 11.3. The molecule has 0 spiro atoms. The highest BCUT2D eigenvalue weighted by molar-refractivity contribution is 7.42. The number of unbranched alkanes of at least 4 members (excludes halogenated alkanes) is 4. The van der Waals surface area contributed by atoms with Gasteiger partial charge >= 0.3 is 8.60 Å². The molecule has 0 amide bonds. The van der Waals surface area contributed by atoms with Gasteiger partial charge in [-0.05, 0) is 111 Å². The predicted octanol–water partition coefficient (Wildman–Crippen LogP) is 11.1. The zero-order chi connectivity index (χ0) is 27.0. The average molecular weight is 541 g/mol. The molecule has 1 aliphatic carbocycles. The van der Waals surface area contributed by atoms with Crippen LogP contribution < -0.4 is 9.05 Å². The Morgan fingerprint density at radius 2 is 0.921 bits per heavy atom. The minimum absolute atomic E-state index is 0.223. The molecule has 3 nitrogen and oxygen atoms in total. The van der Waals surface area contributed by atoms with Crippen LogP contribution in [0.25, 0.3) is 0 Å². The van der Waals surface area contributed by atoms with E-state index in [1.807, 2.05) is 0 Å². The van der Waals surface area contributed by atoms with Crippen LogP contribution in [0, 0.1) is 0 Å². The van der Waals surface area contributed by atoms with Crippen LogP contribution in [0.5, 0.6) is 11.5 Å². The Hall–Kier alpha value is -1.57. The van der Waals surface area contributed by atoms with Gasteiger partial charge in [0.25, 0.3) is 0 Å². The Labute approximate surface area is 235 Å². The Morgan fingerprint density at radius 3 is 1.26 bits per heavy atom. The summed E-state index contributed by atoms with van der Waals surface area (Å²) in [7, 11) is -1.54. The number of benzene rings is 2. The molecule has 3 rings (SSSR count). The molecule has 0 atom stereocenters. The van der Waals surface area contributed by atoms with E-state index in [2.05, 4.69) is 64.1 Å². The second-order valence-electron chi connectivity index (χ2n) is 11.2. The molecule has 0 radical (unpaired) electrons. The van der Waals surface area contributed by atoms with Crippen molar-refractivity contribution < 1.29 is 13.6 Å². The van der Waals surface area contributed by atoms with Gasteiger partial charge in [-0.3, -0.25) is 4.52 Å². The number of rotatable bonds is 18. The molecule has 1 aliphatic rings. The van der Waals surface area contributed by atoms with Gasteiger partial charge in [0.2, 0.25) is 0 Å². The normalized spacial score (nSPS) is 14.2. The summed E-state index contributed by atoms with van der Waals surface area (Å²) in [5.74, 6) is 1.81. The molecule has 2 aromatic rings. The Bertz CT molecular complexity index is 804. The summed E-state index contributed by atoms with van der Waals surface area (Å²) >= 11 is 0. The van der Waals surface area contributed by atoms with Crippen LogP contribution >= 0.6 is 8.60 Å². The second kappa shape index (κ2) is 17.9. The lowest BCUT2D eigenvalue weighted by molar-refractivity contribution is 0.138. The molecule has 0 unspecified atom stereocenters. The third-order valence-electron chi connectivity index (χ3n) is 7.48. The van der Waals surface area contributed by atoms with E-state index in [1.54, 1.807) is 0 Å². The van der Waals surface area contributed by atoms with Crippen LogP contribution in [-0.4, -0.2) is 6.10 Å². The lowest BCUT2D eigenvalue weighted by Crippen LogP contribution is -2.16. The van der Waals surface area contributed by atoms with Crippen molar-refractivity contribution in [3.05, 3.63) is 58.7 Å². The van der Waals surface area contributed by atoms with Crippen molar-refractivity contribution in [1.82, 2.24) is 0 Å². The van der Waals surface area contributed by atoms with Gasteiger partial charge in [-0.1, -0.05) is 84.8 Å². The van der Waals surface area contributed by atoms with Crippen molar-refractivity contribution >= 4 is 8.60 Å². The first kappa shape index (κ1) is 31.0. The van der Waals surface area contributed by atoms with E-state index >= 15 is 0 Å². The largest absolute Gasteiger partial charge is 0.463 e. The van der Waals surface area contributed by atoms with E-state index in [0.717, 1.165) is 50.0 Å². The first-order chi connectivity index (χ1) is 18.6. The van der Waals surface area contributed by atoms with Crippen molar-refractivity contribution in [2.45, 2.75) is 143 Å². The van der Waals surface area contributed by atoms with Gasteiger partial charge < -0.3 is 9.05 Å². The minimum Gasteiger partial charge on any atom is -0.418 e. The first-order valence-electron chi connectivity index (χ1n) is 15.7.